The summed E-state index contributed by atoms with van der Waals surface area (Å²) in [6.07, 6.45) is 1.58. The molecule has 6 nitrogen and oxygen atoms in total. The van der Waals surface area contributed by atoms with E-state index in [2.05, 4.69) is 22.9 Å². The van der Waals surface area contributed by atoms with Crippen LogP contribution < -0.4 is 20.7 Å². The van der Waals surface area contributed by atoms with Gasteiger partial charge in [-0.25, -0.2) is 4.79 Å². The van der Waals surface area contributed by atoms with Gasteiger partial charge in [0, 0.05) is 6.54 Å². The normalized spacial score (nSPS) is 14.7. The average Bonchev–Trinajstić information content (AvgIpc) is 2.46. The second kappa shape index (κ2) is 9.27. The molecule has 0 bridgehead atoms. The Morgan fingerprint density at radius 3 is 2.68 bits per heavy atom. The standard InChI is InChI=1S/C16H27N3O3/c1-4-5-11-17-15(20)18-13(2)19-16(3,21)12-22-14-9-7-6-8-10-14/h6-10,13,19,21H,4-5,11-12H2,1-3H3,(H2,17,18,20). The quantitative estimate of drug-likeness (QED) is 0.414. The molecule has 0 heterocycles. The zero-order valence-electron chi connectivity index (χ0n) is 13.6. The van der Waals surface area contributed by atoms with E-state index >= 15 is 0 Å². The Morgan fingerprint density at radius 1 is 1.36 bits per heavy atom. The van der Waals surface area contributed by atoms with Crippen molar-refractivity contribution in [1.29, 1.82) is 0 Å². The van der Waals surface area contributed by atoms with Gasteiger partial charge >= 0.3 is 6.03 Å². The molecular formula is C16H27N3O3. The number of para-hydroxylation sites is 1. The van der Waals surface area contributed by atoms with Crippen LogP contribution in [-0.4, -0.2) is 36.2 Å². The summed E-state index contributed by atoms with van der Waals surface area (Å²) in [7, 11) is 0. The number of ether oxygens (including phenoxy) is 1. The predicted octanol–water partition coefficient (Wildman–Crippen LogP) is 1.81. The molecule has 2 amide bonds. The minimum atomic E-state index is -1.26. The van der Waals surface area contributed by atoms with Crippen molar-refractivity contribution in [3.05, 3.63) is 30.3 Å². The molecule has 4 N–H and O–H groups in total. The Morgan fingerprint density at radius 2 is 2.05 bits per heavy atom. The fraction of sp³-hybridized carbons (Fsp3) is 0.562. The SMILES string of the molecule is CCCCNC(=O)NC(C)NC(C)(O)COc1ccccc1. The number of rotatable bonds is 9. The van der Waals surface area contributed by atoms with Crippen molar-refractivity contribution in [1.82, 2.24) is 16.0 Å². The Bertz CT molecular complexity index is 438. The zero-order chi connectivity index (χ0) is 16.4. The van der Waals surface area contributed by atoms with Gasteiger partial charge in [0.1, 0.15) is 18.1 Å². The topological polar surface area (TPSA) is 82.6 Å². The van der Waals surface area contributed by atoms with Crippen LogP contribution in [0.2, 0.25) is 0 Å². The fourth-order valence-electron chi connectivity index (χ4n) is 1.91. The highest BCUT2D eigenvalue weighted by molar-refractivity contribution is 5.74. The van der Waals surface area contributed by atoms with Gasteiger partial charge in [0.05, 0.1) is 6.17 Å². The first-order chi connectivity index (χ1) is 10.4. The molecule has 1 aromatic rings. The minimum Gasteiger partial charge on any atom is -0.489 e. The van der Waals surface area contributed by atoms with E-state index in [9.17, 15) is 9.90 Å². The lowest BCUT2D eigenvalue weighted by Crippen LogP contribution is -2.58. The summed E-state index contributed by atoms with van der Waals surface area (Å²) in [5.41, 5.74) is -1.26. The summed E-state index contributed by atoms with van der Waals surface area (Å²) in [4.78, 5) is 11.6. The van der Waals surface area contributed by atoms with Crippen LogP contribution in [-0.2, 0) is 0 Å². The van der Waals surface area contributed by atoms with E-state index in [1.165, 1.54) is 0 Å². The first-order valence-electron chi connectivity index (χ1n) is 7.65. The highest BCUT2D eigenvalue weighted by Crippen LogP contribution is 2.11. The predicted molar refractivity (Wildman–Crippen MR) is 86.6 cm³/mol. The molecule has 2 unspecified atom stereocenters. The fourth-order valence-corrected chi connectivity index (χ4v) is 1.91. The van der Waals surface area contributed by atoms with Crippen LogP contribution in [0.15, 0.2) is 30.3 Å². The maximum atomic E-state index is 11.6. The number of amides is 2. The molecular weight excluding hydrogens is 282 g/mol. The van der Waals surface area contributed by atoms with E-state index in [0.29, 0.717) is 12.3 Å². The highest BCUT2D eigenvalue weighted by atomic mass is 16.5. The molecule has 0 saturated carbocycles. The van der Waals surface area contributed by atoms with Crippen LogP contribution in [0.5, 0.6) is 5.75 Å². The van der Waals surface area contributed by atoms with Crippen molar-refractivity contribution >= 4 is 6.03 Å². The maximum Gasteiger partial charge on any atom is 0.316 e. The van der Waals surface area contributed by atoms with Crippen molar-refractivity contribution in [2.75, 3.05) is 13.2 Å². The van der Waals surface area contributed by atoms with E-state index in [1.54, 1.807) is 13.8 Å². The molecule has 22 heavy (non-hydrogen) atoms. The van der Waals surface area contributed by atoms with Crippen LogP contribution in [0, 0.1) is 0 Å². The van der Waals surface area contributed by atoms with E-state index in [1.807, 2.05) is 30.3 Å². The lowest BCUT2D eigenvalue weighted by atomic mass is 10.2. The second-order valence-electron chi connectivity index (χ2n) is 5.50. The zero-order valence-corrected chi connectivity index (χ0v) is 13.6. The highest BCUT2D eigenvalue weighted by Gasteiger charge is 2.24. The van der Waals surface area contributed by atoms with Crippen LogP contribution in [0.25, 0.3) is 0 Å². The third-order valence-corrected chi connectivity index (χ3v) is 2.95. The van der Waals surface area contributed by atoms with Gasteiger partial charge < -0.3 is 20.5 Å². The van der Waals surface area contributed by atoms with Crippen LogP contribution in [0.1, 0.15) is 33.6 Å². The number of hydrogen-bond acceptors (Lipinski definition) is 4. The second-order valence-corrected chi connectivity index (χ2v) is 5.50. The molecule has 0 aromatic heterocycles. The van der Waals surface area contributed by atoms with Gasteiger partial charge in [-0.1, -0.05) is 31.5 Å². The third-order valence-electron chi connectivity index (χ3n) is 2.95. The number of unbranched alkanes of at least 4 members (excludes halogenated alkanes) is 1. The van der Waals surface area contributed by atoms with Gasteiger partial charge in [-0.15, -0.1) is 0 Å². The molecule has 0 saturated heterocycles. The Balaban J connectivity index is 2.31. The van der Waals surface area contributed by atoms with E-state index in [4.69, 9.17) is 4.74 Å². The van der Waals surface area contributed by atoms with Gasteiger partial charge in [0.2, 0.25) is 0 Å². The van der Waals surface area contributed by atoms with Gasteiger partial charge in [-0.3, -0.25) is 5.32 Å². The molecule has 0 aliphatic heterocycles. The summed E-state index contributed by atoms with van der Waals surface area (Å²) in [5, 5.41) is 18.6. The van der Waals surface area contributed by atoms with Crippen LogP contribution in [0.4, 0.5) is 4.79 Å². The molecule has 124 valence electrons. The van der Waals surface area contributed by atoms with Gasteiger partial charge in [0.15, 0.2) is 0 Å². The molecule has 0 aliphatic carbocycles. The first-order valence-corrected chi connectivity index (χ1v) is 7.65. The number of nitrogens with one attached hydrogen (secondary N) is 3. The molecule has 0 spiro atoms. The Hall–Kier alpha value is -1.79. The number of hydrogen-bond donors (Lipinski definition) is 4. The summed E-state index contributed by atoms with van der Waals surface area (Å²) in [5.74, 6) is 0.683. The van der Waals surface area contributed by atoms with Gasteiger partial charge in [0.25, 0.3) is 0 Å². The lowest BCUT2D eigenvalue weighted by molar-refractivity contribution is -0.0277. The monoisotopic (exact) mass is 309 g/mol. The molecule has 0 radical (unpaired) electrons. The first kappa shape index (κ1) is 18.3. The molecule has 1 aromatic carbocycles. The largest absolute Gasteiger partial charge is 0.489 e. The number of carbonyl (C=O) groups excluding carboxylic acids is 1. The Labute approximate surface area is 132 Å². The van der Waals surface area contributed by atoms with Crippen LogP contribution in [0.3, 0.4) is 0 Å². The van der Waals surface area contributed by atoms with Crippen molar-refractivity contribution in [2.24, 2.45) is 0 Å². The molecule has 0 fully saturated rings. The smallest absolute Gasteiger partial charge is 0.316 e. The van der Waals surface area contributed by atoms with E-state index in [0.717, 1.165) is 12.8 Å². The van der Waals surface area contributed by atoms with Crippen molar-refractivity contribution < 1.29 is 14.6 Å². The number of aliphatic hydroxyl groups is 1. The van der Waals surface area contributed by atoms with Crippen LogP contribution >= 0.6 is 0 Å². The summed E-state index contributed by atoms with van der Waals surface area (Å²) in [6, 6.07) is 9.00. The van der Waals surface area contributed by atoms with Gasteiger partial charge in [-0.05, 0) is 32.4 Å². The average molecular weight is 309 g/mol. The summed E-state index contributed by atoms with van der Waals surface area (Å²) >= 11 is 0. The molecule has 2 atom stereocenters. The number of carbonyl (C=O) groups is 1. The summed E-state index contributed by atoms with van der Waals surface area (Å²) in [6.45, 7) is 6.14. The van der Waals surface area contributed by atoms with Gasteiger partial charge in [-0.2, -0.15) is 0 Å². The van der Waals surface area contributed by atoms with E-state index in [-0.39, 0.29) is 12.6 Å². The Kier molecular flexibility index (Phi) is 7.70. The van der Waals surface area contributed by atoms with Crippen molar-refractivity contribution in [3.63, 3.8) is 0 Å². The molecule has 0 aliphatic rings. The molecule has 6 heteroatoms. The summed E-state index contributed by atoms with van der Waals surface area (Å²) < 4.78 is 5.52. The third kappa shape index (κ3) is 7.85. The lowest BCUT2D eigenvalue weighted by Gasteiger charge is -2.29. The minimum absolute atomic E-state index is 0.0699. The molecule has 1 rings (SSSR count). The van der Waals surface area contributed by atoms with Crippen molar-refractivity contribution in [3.8, 4) is 5.75 Å². The number of urea groups is 1. The van der Waals surface area contributed by atoms with Crippen molar-refractivity contribution in [2.45, 2.75) is 45.5 Å². The number of benzene rings is 1. The maximum absolute atomic E-state index is 11.6. The van der Waals surface area contributed by atoms with E-state index < -0.39 is 11.9 Å².